The van der Waals surface area contributed by atoms with Crippen molar-refractivity contribution in [1.82, 2.24) is 4.90 Å². The van der Waals surface area contributed by atoms with Crippen molar-refractivity contribution in [2.24, 2.45) is 0 Å². The van der Waals surface area contributed by atoms with Crippen molar-refractivity contribution < 1.29 is 19.7 Å². The highest BCUT2D eigenvalue weighted by Gasteiger charge is 2.32. The Morgan fingerprint density at radius 3 is 2.77 bits per heavy atom. The van der Waals surface area contributed by atoms with E-state index >= 15 is 0 Å². The zero-order valence-corrected chi connectivity index (χ0v) is 13.5. The SMILES string of the molecule is COc1ccc(C(C)C)cc1C(O)CN1CCCC1C(=O)O. The Hall–Kier alpha value is -1.59. The van der Waals surface area contributed by atoms with E-state index in [1.807, 2.05) is 23.1 Å². The number of methoxy groups -OCH3 is 1. The molecule has 1 saturated heterocycles. The van der Waals surface area contributed by atoms with Gasteiger partial charge in [-0.2, -0.15) is 0 Å². The molecule has 2 atom stereocenters. The van der Waals surface area contributed by atoms with Gasteiger partial charge < -0.3 is 14.9 Å². The number of carboxylic acid groups (broad SMARTS) is 1. The maximum absolute atomic E-state index is 11.2. The maximum Gasteiger partial charge on any atom is 0.320 e. The molecular weight excluding hydrogens is 282 g/mol. The van der Waals surface area contributed by atoms with Crippen LogP contribution in [0.5, 0.6) is 5.75 Å². The van der Waals surface area contributed by atoms with Gasteiger partial charge in [-0.15, -0.1) is 0 Å². The number of carboxylic acids is 1. The van der Waals surface area contributed by atoms with Gasteiger partial charge in [0.25, 0.3) is 0 Å². The van der Waals surface area contributed by atoms with Crippen LogP contribution < -0.4 is 4.74 Å². The lowest BCUT2D eigenvalue weighted by molar-refractivity contribution is -0.142. The average Bonchev–Trinajstić information content (AvgIpc) is 2.94. The van der Waals surface area contributed by atoms with Gasteiger partial charge in [-0.3, -0.25) is 9.69 Å². The van der Waals surface area contributed by atoms with Crippen molar-refractivity contribution in [2.45, 2.75) is 44.8 Å². The largest absolute Gasteiger partial charge is 0.496 e. The molecule has 2 rings (SSSR count). The molecule has 1 fully saturated rings. The first-order valence-electron chi connectivity index (χ1n) is 7.76. The number of aliphatic hydroxyl groups is 1. The second kappa shape index (κ2) is 7.11. The summed E-state index contributed by atoms with van der Waals surface area (Å²) in [5, 5.41) is 19.8. The van der Waals surface area contributed by atoms with Crippen molar-refractivity contribution in [2.75, 3.05) is 20.2 Å². The van der Waals surface area contributed by atoms with E-state index in [2.05, 4.69) is 13.8 Å². The molecule has 22 heavy (non-hydrogen) atoms. The van der Waals surface area contributed by atoms with E-state index in [0.29, 0.717) is 31.2 Å². The summed E-state index contributed by atoms with van der Waals surface area (Å²) in [5.41, 5.74) is 1.86. The predicted octanol–water partition coefficient (Wildman–Crippen LogP) is 2.40. The molecule has 122 valence electrons. The predicted molar refractivity (Wildman–Crippen MR) is 84.3 cm³/mol. The molecule has 2 N–H and O–H groups in total. The highest BCUT2D eigenvalue weighted by molar-refractivity contribution is 5.73. The van der Waals surface area contributed by atoms with Gasteiger partial charge in [0.1, 0.15) is 11.8 Å². The van der Waals surface area contributed by atoms with E-state index in [1.54, 1.807) is 7.11 Å². The first kappa shape index (κ1) is 16.8. The van der Waals surface area contributed by atoms with E-state index in [0.717, 1.165) is 17.5 Å². The van der Waals surface area contributed by atoms with Gasteiger partial charge in [0.15, 0.2) is 0 Å². The fourth-order valence-electron chi connectivity index (χ4n) is 3.02. The molecule has 0 spiro atoms. The van der Waals surface area contributed by atoms with Gasteiger partial charge in [-0.25, -0.2) is 0 Å². The van der Waals surface area contributed by atoms with Crippen molar-refractivity contribution in [3.05, 3.63) is 29.3 Å². The van der Waals surface area contributed by atoms with E-state index in [4.69, 9.17) is 4.74 Å². The number of hydrogen-bond acceptors (Lipinski definition) is 4. The van der Waals surface area contributed by atoms with Crippen LogP contribution in [0, 0.1) is 0 Å². The summed E-state index contributed by atoms with van der Waals surface area (Å²) in [4.78, 5) is 13.1. The summed E-state index contributed by atoms with van der Waals surface area (Å²) in [6.07, 6.45) is 0.742. The highest BCUT2D eigenvalue weighted by atomic mass is 16.5. The molecule has 0 radical (unpaired) electrons. The molecule has 1 aliphatic rings. The van der Waals surface area contributed by atoms with Gasteiger partial charge in [0.2, 0.25) is 0 Å². The lowest BCUT2D eigenvalue weighted by Gasteiger charge is -2.25. The van der Waals surface area contributed by atoms with Crippen LogP contribution in [0.25, 0.3) is 0 Å². The molecule has 0 aliphatic carbocycles. The average molecular weight is 307 g/mol. The number of rotatable bonds is 6. The number of β-amino-alcohol motifs (C(OH)–C–C–N with tert-alkyl or cyclic N) is 1. The third kappa shape index (κ3) is 3.59. The van der Waals surface area contributed by atoms with E-state index in [1.165, 1.54) is 0 Å². The third-order valence-corrected chi connectivity index (χ3v) is 4.34. The lowest BCUT2D eigenvalue weighted by Crippen LogP contribution is -2.38. The summed E-state index contributed by atoms with van der Waals surface area (Å²) in [7, 11) is 1.58. The zero-order valence-electron chi connectivity index (χ0n) is 13.5. The van der Waals surface area contributed by atoms with Crippen LogP contribution in [0.4, 0.5) is 0 Å². The molecule has 1 aliphatic heterocycles. The third-order valence-electron chi connectivity index (χ3n) is 4.34. The summed E-state index contributed by atoms with van der Waals surface area (Å²) >= 11 is 0. The molecule has 0 saturated carbocycles. The fraction of sp³-hybridized carbons (Fsp3) is 0.588. The highest BCUT2D eigenvalue weighted by Crippen LogP contribution is 2.31. The van der Waals surface area contributed by atoms with Crippen LogP contribution >= 0.6 is 0 Å². The van der Waals surface area contributed by atoms with Gasteiger partial charge in [-0.05, 0) is 43.0 Å². The minimum Gasteiger partial charge on any atom is -0.496 e. The number of benzene rings is 1. The molecule has 5 nitrogen and oxygen atoms in total. The quantitative estimate of drug-likeness (QED) is 0.844. The number of likely N-dealkylation sites (tertiary alicyclic amines) is 1. The Morgan fingerprint density at radius 1 is 1.45 bits per heavy atom. The van der Waals surface area contributed by atoms with Crippen LogP contribution in [0.2, 0.25) is 0 Å². The second-order valence-electron chi connectivity index (χ2n) is 6.16. The molecule has 1 heterocycles. The summed E-state index contributed by atoms with van der Waals surface area (Å²) in [6, 6.07) is 5.33. The minimum absolute atomic E-state index is 0.314. The number of aliphatic hydroxyl groups excluding tert-OH is 1. The standard InChI is InChI=1S/C17H25NO4/c1-11(2)12-6-7-16(22-3)13(9-12)15(19)10-18-8-4-5-14(18)17(20)21/h6-7,9,11,14-15,19H,4-5,8,10H2,1-3H3,(H,20,21). The van der Waals surface area contributed by atoms with Crippen molar-refractivity contribution in [1.29, 1.82) is 0 Å². The zero-order chi connectivity index (χ0) is 16.3. The maximum atomic E-state index is 11.2. The van der Waals surface area contributed by atoms with Crippen LogP contribution in [-0.4, -0.2) is 47.3 Å². The van der Waals surface area contributed by atoms with Crippen molar-refractivity contribution in [3.8, 4) is 5.75 Å². The first-order valence-corrected chi connectivity index (χ1v) is 7.76. The lowest BCUT2D eigenvalue weighted by atomic mass is 9.97. The number of ether oxygens (including phenoxy) is 1. The van der Waals surface area contributed by atoms with E-state index in [9.17, 15) is 15.0 Å². The van der Waals surface area contributed by atoms with Gasteiger partial charge in [0.05, 0.1) is 13.2 Å². The Balaban J connectivity index is 2.19. The molecule has 1 aromatic carbocycles. The molecule has 5 heteroatoms. The molecule has 0 aromatic heterocycles. The van der Waals surface area contributed by atoms with E-state index in [-0.39, 0.29) is 0 Å². The number of carbonyl (C=O) groups is 1. The minimum atomic E-state index is -0.812. The molecule has 0 bridgehead atoms. The topological polar surface area (TPSA) is 70.0 Å². The summed E-state index contributed by atoms with van der Waals surface area (Å²) < 4.78 is 5.35. The molecular formula is C17H25NO4. The number of hydrogen-bond donors (Lipinski definition) is 2. The van der Waals surface area contributed by atoms with Crippen molar-refractivity contribution in [3.63, 3.8) is 0 Å². The Bertz CT molecular complexity index is 529. The van der Waals surface area contributed by atoms with Gasteiger partial charge in [-0.1, -0.05) is 19.9 Å². The Morgan fingerprint density at radius 2 is 2.18 bits per heavy atom. The van der Waals surface area contributed by atoms with Crippen molar-refractivity contribution >= 4 is 5.97 Å². The van der Waals surface area contributed by atoms with Crippen LogP contribution in [-0.2, 0) is 4.79 Å². The summed E-state index contributed by atoms with van der Waals surface area (Å²) in [6.45, 7) is 5.22. The van der Waals surface area contributed by atoms with Gasteiger partial charge >= 0.3 is 5.97 Å². The molecule has 1 aromatic rings. The van der Waals surface area contributed by atoms with E-state index < -0.39 is 18.1 Å². The van der Waals surface area contributed by atoms with Crippen LogP contribution in [0.3, 0.4) is 0 Å². The van der Waals surface area contributed by atoms with Crippen LogP contribution in [0.1, 0.15) is 49.8 Å². The molecule has 0 amide bonds. The Kier molecular flexibility index (Phi) is 5.42. The Labute approximate surface area is 131 Å². The smallest absolute Gasteiger partial charge is 0.320 e. The number of nitrogens with zero attached hydrogens (tertiary/aromatic N) is 1. The monoisotopic (exact) mass is 307 g/mol. The van der Waals surface area contributed by atoms with Crippen LogP contribution in [0.15, 0.2) is 18.2 Å². The summed E-state index contributed by atoms with van der Waals surface area (Å²) in [5.74, 6) is 0.186. The normalized spacial score (nSPS) is 20.3. The number of aliphatic carboxylic acids is 1. The fourth-order valence-corrected chi connectivity index (χ4v) is 3.02. The van der Waals surface area contributed by atoms with Gasteiger partial charge in [0, 0.05) is 12.1 Å². The second-order valence-corrected chi connectivity index (χ2v) is 6.16. The first-order chi connectivity index (χ1) is 10.4. The molecule has 2 unspecified atom stereocenters.